The number of likely N-dealkylation sites (tertiary alicyclic amines) is 1. The molecular formula is C20H28N3O3+. The number of hydrogen-bond acceptors (Lipinski definition) is 3. The quantitative estimate of drug-likeness (QED) is 0.709. The second-order valence-electron chi connectivity index (χ2n) is 7.25. The predicted molar refractivity (Wildman–Crippen MR) is 98.6 cm³/mol. The van der Waals surface area contributed by atoms with E-state index in [1.807, 2.05) is 31.2 Å². The lowest BCUT2D eigenvalue weighted by atomic mass is 9.91. The summed E-state index contributed by atoms with van der Waals surface area (Å²) in [7, 11) is 1.38. The number of hydrogen-bond donors (Lipinski definition) is 3. The van der Waals surface area contributed by atoms with E-state index in [0.717, 1.165) is 17.7 Å². The highest BCUT2D eigenvalue weighted by Crippen LogP contribution is 2.29. The fourth-order valence-electron chi connectivity index (χ4n) is 4.00. The van der Waals surface area contributed by atoms with Crippen molar-refractivity contribution in [2.24, 2.45) is 0 Å². The van der Waals surface area contributed by atoms with Gasteiger partial charge in [0.15, 0.2) is 0 Å². The zero-order chi connectivity index (χ0) is 18.7. The second-order valence-corrected chi connectivity index (χ2v) is 7.25. The van der Waals surface area contributed by atoms with Gasteiger partial charge >= 0.3 is 12.0 Å². The van der Waals surface area contributed by atoms with Crippen molar-refractivity contribution in [2.75, 3.05) is 20.2 Å². The van der Waals surface area contributed by atoms with Crippen LogP contribution in [0.25, 0.3) is 0 Å². The van der Waals surface area contributed by atoms with E-state index < -0.39 is 12.0 Å². The number of nitrogens with one attached hydrogen (secondary N) is 3. The molecule has 0 aliphatic carbocycles. The molecule has 1 aromatic rings. The van der Waals surface area contributed by atoms with Gasteiger partial charge in [0.2, 0.25) is 0 Å². The Morgan fingerprint density at radius 1 is 1.31 bits per heavy atom. The van der Waals surface area contributed by atoms with Crippen molar-refractivity contribution in [3.63, 3.8) is 0 Å². The molecular weight excluding hydrogens is 330 g/mol. The summed E-state index contributed by atoms with van der Waals surface area (Å²) in [6.45, 7) is 5.89. The van der Waals surface area contributed by atoms with Crippen molar-refractivity contribution in [2.45, 2.75) is 45.2 Å². The first-order chi connectivity index (χ1) is 12.5. The number of amides is 2. The highest BCUT2D eigenvalue weighted by molar-refractivity contribution is 5.95. The molecule has 26 heavy (non-hydrogen) atoms. The van der Waals surface area contributed by atoms with E-state index in [9.17, 15) is 9.59 Å². The van der Waals surface area contributed by atoms with E-state index in [1.54, 1.807) is 0 Å². The van der Waals surface area contributed by atoms with Crippen LogP contribution < -0.4 is 15.5 Å². The van der Waals surface area contributed by atoms with E-state index in [0.29, 0.717) is 23.9 Å². The molecule has 1 aromatic carbocycles. The van der Waals surface area contributed by atoms with Crippen LogP contribution >= 0.6 is 0 Å². The van der Waals surface area contributed by atoms with Crippen LogP contribution in [0.15, 0.2) is 35.5 Å². The van der Waals surface area contributed by atoms with Crippen LogP contribution in [0, 0.1) is 6.92 Å². The average Bonchev–Trinajstić information content (AvgIpc) is 2.63. The number of carbonyl (C=O) groups is 2. The van der Waals surface area contributed by atoms with Gasteiger partial charge in [-0.15, -0.1) is 0 Å². The molecule has 6 nitrogen and oxygen atoms in total. The Kier molecular flexibility index (Phi) is 5.61. The number of methoxy groups -OCH3 is 1. The number of rotatable bonds is 4. The summed E-state index contributed by atoms with van der Waals surface area (Å²) in [5.41, 5.74) is 3.13. The van der Waals surface area contributed by atoms with E-state index >= 15 is 0 Å². The monoisotopic (exact) mass is 358 g/mol. The SMILES string of the molecule is COC(=O)C1=C(C[NH+]2CCCC[C@@H]2C)NC(=O)N[C@H]1c1ccccc1C. The number of esters is 1. The Morgan fingerprint density at radius 3 is 2.77 bits per heavy atom. The summed E-state index contributed by atoms with van der Waals surface area (Å²) >= 11 is 0. The zero-order valence-corrected chi connectivity index (χ0v) is 15.7. The van der Waals surface area contributed by atoms with Crippen molar-refractivity contribution in [3.8, 4) is 0 Å². The third-order valence-corrected chi connectivity index (χ3v) is 5.54. The largest absolute Gasteiger partial charge is 0.466 e. The zero-order valence-electron chi connectivity index (χ0n) is 15.7. The van der Waals surface area contributed by atoms with Crippen LogP contribution in [0.3, 0.4) is 0 Å². The molecule has 0 aromatic heterocycles. The first-order valence-corrected chi connectivity index (χ1v) is 9.30. The number of carbonyl (C=O) groups excluding carboxylic acids is 2. The molecule has 1 saturated heterocycles. The van der Waals surface area contributed by atoms with E-state index in [2.05, 4.69) is 17.6 Å². The van der Waals surface area contributed by atoms with Gasteiger partial charge in [-0.2, -0.15) is 0 Å². The van der Waals surface area contributed by atoms with Gasteiger partial charge in [-0.25, -0.2) is 9.59 Å². The van der Waals surface area contributed by atoms with Crippen LogP contribution in [0.1, 0.15) is 43.4 Å². The molecule has 0 radical (unpaired) electrons. The van der Waals surface area contributed by atoms with Gasteiger partial charge in [0.05, 0.1) is 37.0 Å². The van der Waals surface area contributed by atoms with Crippen molar-refractivity contribution < 1.29 is 19.2 Å². The van der Waals surface area contributed by atoms with Gasteiger partial charge < -0.3 is 20.3 Å². The van der Waals surface area contributed by atoms with Gasteiger partial charge in [-0.05, 0) is 44.2 Å². The third-order valence-electron chi connectivity index (χ3n) is 5.54. The maximum Gasteiger partial charge on any atom is 0.338 e. The Labute approximate surface area is 154 Å². The average molecular weight is 358 g/mol. The van der Waals surface area contributed by atoms with E-state index in [4.69, 9.17) is 4.74 Å². The van der Waals surface area contributed by atoms with Crippen molar-refractivity contribution >= 4 is 12.0 Å². The number of aryl methyl sites for hydroxylation is 1. The number of ether oxygens (including phenoxy) is 1. The number of piperidine rings is 1. The fraction of sp³-hybridized carbons (Fsp3) is 0.500. The molecule has 0 saturated carbocycles. The van der Waals surface area contributed by atoms with E-state index in [1.165, 1.54) is 31.3 Å². The molecule has 0 bridgehead atoms. The van der Waals surface area contributed by atoms with Crippen molar-refractivity contribution in [1.29, 1.82) is 0 Å². The topological polar surface area (TPSA) is 71.9 Å². The molecule has 3 atom stereocenters. The van der Waals surface area contributed by atoms with Crippen LogP contribution in [0.2, 0.25) is 0 Å². The van der Waals surface area contributed by atoms with Crippen LogP contribution in [0.5, 0.6) is 0 Å². The Bertz CT molecular complexity index is 729. The standard InChI is InChI=1S/C20H27N3O3/c1-13-8-4-5-10-15(13)18-17(19(24)26-3)16(21-20(25)22-18)12-23-11-7-6-9-14(23)2/h4-5,8,10,14,18H,6-7,9,11-12H2,1-3H3,(H2,21,22,25)/p+1/t14-,18-/m0/s1. The molecule has 2 aliphatic rings. The molecule has 2 heterocycles. The molecule has 140 valence electrons. The maximum absolute atomic E-state index is 12.6. The van der Waals surface area contributed by atoms with Gasteiger partial charge in [0.25, 0.3) is 0 Å². The van der Waals surface area contributed by atoms with Crippen LogP contribution in [-0.2, 0) is 9.53 Å². The second kappa shape index (κ2) is 7.91. The van der Waals surface area contributed by atoms with Gasteiger partial charge in [-0.3, -0.25) is 0 Å². The molecule has 1 fully saturated rings. The lowest BCUT2D eigenvalue weighted by Gasteiger charge is -2.34. The first kappa shape index (κ1) is 18.5. The van der Waals surface area contributed by atoms with Gasteiger partial charge in [-0.1, -0.05) is 24.3 Å². The Morgan fingerprint density at radius 2 is 2.08 bits per heavy atom. The smallest absolute Gasteiger partial charge is 0.338 e. The summed E-state index contributed by atoms with van der Waals surface area (Å²) < 4.78 is 5.07. The minimum atomic E-state index is -0.494. The summed E-state index contributed by atoms with van der Waals surface area (Å²) in [5, 5.41) is 5.78. The Balaban J connectivity index is 2.01. The summed E-state index contributed by atoms with van der Waals surface area (Å²) in [6.07, 6.45) is 3.59. The van der Waals surface area contributed by atoms with Crippen LogP contribution in [-0.4, -0.2) is 38.2 Å². The Hall–Kier alpha value is -2.34. The minimum Gasteiger partial charge on any atom is -0.466 e. The number of quaternary nitrogens is 1. The van der Waals surface area contributed by atoms with E-state index in [-0.39, 0.29) is 6.03 Å². The molecule has 3 rings (SSSR count). The normalized spacial score (nSPS) is 26.1. The predicted octanol–water partition coefficient (Wildman–Crippen LogP) is 1.23. The third kappa shape index (κ3) is 3.75. The highest BCUT2D eigenvalue weighted by atomic mass is 16.5. The molecule has 2 amide bonds. The molecule has 2 aliphatic heterocycles. The molecule has 3 N–H and O–H groups in total. The molecule has 0 spiro atoms. The summed E-state index contributed by atoms with van der Waals surface area (Å²) in [4.78, 5) is 26.4. The van der Waals surface area contributed by atoms with Gasteiger partial charge in [0.1, 0.15) is 6.54 Å². The van der Waals surface area contributed by atoms with Gasteiger partial charge in [0, 0.05) is 0 Å². The summed E-state index contributed by atoms with van der Waals surface area (Å²) in [6, 6.07) is 7.54. The number of benzene rings is 1. The highest BCUT2D eigenvalue weighted by Gasteiger charge is 2.36. The maximum atomic E-state index is 12.6. The van der Waals surface area contributed by atoms with Crippen molar-refractivity contribution in [3.05, 3.63) is 46.7 Å². The molecule has 1 unspecified atom stereocenters. The fourth-order valence-corrected chi connectivity index (χ4v) is 4.00. The minimum absolute atomic E-state index is 0.273. The molecule has 6 heteroatoms. The lowest BCUT2D eigenvalue weighted by molar-refractivity contribution is -0.924. The first-order valence-electron chi connectivity index (χ1n) is 9.30. The van der Waals surface area contributed by atoms with Crippen LogP contribution in [0.4, 0.5) is 4.79 Å². The number of urea groups is 1. The summed E-state index contributed by atoms with van der Waals surface area (Å²) in [5.74, 6) is -0.398. The lowest BCUT2D eigenvalue weighted by Crippen LogP contribution is -3.16. The van der Waals surface area contributed by atoms with Crippen molar-refractivity contribution in [1.82, 2.24) is 10.6 Å².